The van der Waals surface area contributed by atoms with E-state index < -0.39 is 39.2 Å². The van der Waals surface area contributed by atoms with Gasteiger partial charge in [0.05, 0.1) is 26.4 Å². The standard InChI is InChI=1S/C36H69O9P/c1-3-5-7-9-11-13-15-17-18-20-22-24-26-28-36(39)45-35(33-44-46(40,41)43-31-34(38)30-37)32-42-29-27-25-23-21-19-16-14-12-10-8-6-4-2/h10,12-13,15,34-35,37-38H,3-9,11,14,16-33H2,1-2H3,(H,40,41)/b12-10-,15-13-. The van der Waals surface area contributed by atoms with Gasteiger partial charge in [-0.3, -0.25) is 13.8 Å². The SMILES string of the molecule is CCCC/C=C\CCCCCCCCOCC(COP(=O)(O)OCC(O)CO)OC(=O)CCCCCCC/C=C\CCCCCC. The van der Waals surface area contributed by atoms with Crippen LogP contribution in [0.1, 0.15) is 155 Å². The summed E-state index contributed by atoms with van der Waals surface area (Å²) in [5.74, 6) is -0.396. The zero-order chi connectivity index (χ0) is 34.0. The van der Waals surface area contributed by atoms with Crippen LogP contribution in [0.3, 0.4) is 0 Å². The van der Waals surface area contributed by atoms with E-state index in [0.29, 0.717) is 6.61 Å². The number of phosphoric acid groups is 1. The van der Waals surface area contributed by atoms with E-state index in [1.807, 2.05) is 0 Å². The first-order chi connectivity index (χ1) is 22.3. The molecule has 46 heavy (non-hydrogen) atoms. The van der Waals surface area contributed by atoms with Crippen molar-refractivity contribution in [1.29, 1.82) is 0 Å². The molecule has 0 bridgehead atoms. The van der Waals surface area contributed by atoms with Crippen LogP contribution in [-0.4, -0.2) is 66.3 Å². The third kappa shape index (κ3) is 32.9. The molecule has 0 aliphatic heterocycles. The summed E-state index contributed by atoms with van der Waals surface area (Å²) in [7, 11) is -4.51. The minimum atomic E-state index is -4.51. The molecule has 272 valence electrons. The molecule has 3 atom stereocenters. The van der Waals surface area contributed by atoms with Gasteiger partial charge in [0.15, 0.2) is 0 Å². The van der Waals surface area contributed by atoms with Crippen molar-refractivity contribution in [3.8, 4) is 0 Å². The second-order valence-electron chi connectivity index (χ2n) is 12.2. The molecule has 0 aliphatic rings. The number of allylic oxidation sites excluding steroid dienone is 4. The molecule has 10 heteroatoms. The number of aliphatic hydroxyl groups excluding tert-OH is 2. The Morgan fingerprint density at radius 1 is 0.652 bits per heavy atom. The summed E-state index contributed by atoms with van der Waals surface area (Å²) in [4.78, 5) is 22.4. The van der Waals surface area contributed by atoms with E-state index in [9.17, 15) is 19.4 Å². The molecule has 0 aromatic rings. The lowest BCUT2D eigenvalue weighted by Crippen LogP contribution is -2.29. The van der Waals surface area contributed by atoms with Gasteiger partial charge in [-0.1, -0.05) is 115 Å². The lowest BCUT2D eigenvalue weighted by atomic mass is 10.1. The maximum Gasteiger partial charge on any atom is 0.472 e. The molecule has 3 N–H and O–H groups in total. The van der Waals surface area contributed by atoms with Crippen molar-refractivity contribution in [2.75, 3.05) is 33.0 Å². The number of carbonyl (C=O) groups excluding carboxylic acids is 1. The molecule has 3 unspecified atom stereocenters. The lowest BCUT2D eigenvalue weighted by molar-refractivity contribution is -0.154. The van der Waals surface area contributed by atoms with Gasteiger partial charge in [-0.25, -0.2) is 4.57 Å². The highest BCUT2D eigenvalue weighted by molar-refractivity contribution is 7.47. The smallest absolute Gasteiger partial charge is 0.457 e. The topological polar surface area (TPSA) is 132 Å². The Kier molecular flexibility index (Phi) is 33.0. The number of hydrogen-bond donors (Lipinski definition) is 3. The largest absolute Gasteiger partial charge is 0.472 e. The summed E-state index contributed by atoms with van der Waals surface area (Å²) in [6.07, 6.45) is 31.3. The van der Waals surface area contributed by atoms with Crippen LogP contribution in [-0.2, 0) is 27.9 Å². The van der Waals surface area contributed by atoms with Gasteiger partial charge >= 0.3 is 13.8 Å². The first-order valence-electron chi connectivity index (χ1n) is 18.3. The van der Waals surface area contributed by atoms with Gasteiger partial charge in [0.1, 0.15) is 12.2 Å². The van der Waals surface area contributed by atoms with Crippen LogP contribution in [0, 0.1) is 0 Å². The third-order valence-corrected chi connectivity index (χ3v) is 8.56. The van der Waals surface area contributed by atoms with Crippen molar-refractivity contribution in [3.63, 3.8) is 0 Å². The first-order valence-corrected chi connectivity index (χ1v) is 19.8. The van der Waals surface area contributed by atoms with Crippen LogP contribution >= 0.6 is 7.82 Å². The Hall–Kier alpha value is -1.06. The summed E-state index contributed by atoms with van der Waals surface area (Å²) in [6, 6.07) is 0. The number of phosphoric ester groups is 1. The zero-order valence-corrected chi connectivity index (χ0v) is 30.2. The molecule has 0 saturated heterocycles. The number of aliphatic hydroxyl groups is 2. The Morgan fingerprint density at radius 3 is 1.70 bits per heavy atom. The maximum atomic E-state index is 12.5. The maximum absolute atomic E-state index is 12.5. The number of ether oxygens (including phenoxy) is 2. The summed E-state index contributed by atoms with van der Waals surface area (Å²) < 4.78 is 33.1. The molecule has 9 nitrogen and oxygen atoms in total. The van der Waals surface area contributed by atoms with Gasteiger partial charge < -0.3 is 24.6 Å². The van der Waals surface area contributed by atoms with Crippen molar-refractivity contribution in [3.05, 3.63) is 24.3 Å². The van der Waals surface area contributed by atoms with Gasteiger partial charge in [-0.2, -0.15) is 0 Å². The number of hydrogen-bond acceptors (Lipinski definition) is 8. The predicted octanol–water partition coefficient (Wildman–Crippen LogP) is 9.14. The number of esters is 1. The van der Waals surface area contributed by atoms with Crippen molar-refractivity contribution < 1.29 is 43.0 Å². The average Bonchev–Trinajstić information content (AvgIpc) is 3.04. The molecule has 0 radical (unpaired) electrons. The van der Waals surface area contributed by atoms with Gasteiger partial charge in [0, 0.05) is 13.0 Å². The normalized spacial score (nSPS) is 14.6. The highest BCUT2D eigenvalue weighted by Crippen LogP contribution is 2.43. The molecular formula is C36H69O9P. The molecule has 0 aromatic carbocycles. The van der Waals surface area contributed by atoms with E-state index in [1.54, 1.807) is 0 Å². The average molecular weight is 677 g/mol. The second kappa shape index (κ2) is 33.8. The van der Waals surface area contributed by atoms with Gasteiger partial charge in [-0.15, -0.1) is 0 Å². The quantitative estimate of drug-likeness (QED) is 0.0260. The molecule has 0 heterocycles. The molecule has 0 fully saturated rings. The lowest BCUT2D eigenvalue weighted by Gasteiger charge is -2.20. The summed E-state index contributed by atoms with van der Waals surface area (Å²) >= 11 is 0. The number of unbranched alkanes of at least 4 members (excludes halogenated alkanes) is 17. The Morgan fingerprint density at radius 2 is 1.13 bits per heavy atom. The van der Waals surface area contributed by atoms with Crippen LogP contribution in [0.25, 0.3) is 0 Å². The zero-order valence-electron chi connectivity index (χ0n) is 29.3. The van der Waals surface area contributed by atoms with Crippen molar-refractivity contribution >= 4 is 13.8 Å². The molecular weight excluding hydrogens is 607 g/mol. The number of carbonyl (C=O) groups is 1. The van der Waals surface area contributed by atoms with Crippen molar-refractivity contribution in [2.24, 2.45) is 0 Å². The molecule has 0 aromatic heterocycles. The van der Waals surface area contributed by atoms with Crippen LogP contribution in [0.2, 0.25) is 0 Å². The van der Waals surface area contributed by atoms with Gasteiger partial charge in [0.2, 0.25) is 0 Å². The summed E-state index contributed by atoms with van der Waals surface area (Å²) in [5, 5.41) is 18.2. The third-order valence-electron chi connectivity index (χ3n) is 7.61. The van der Waals surface area contributed by atoms with Gasteiger partial charge in [-0.05, 0) is 57.8 Å². The summed E-state index contributed by atoms with van der Waals surface area (Å²) in [5.41, 5.74) is 0. The summed E-state index contributed by atoms with van der Waals surface area (Å²) in [6.45, 7) is 3.43. The minimum absolute atomic E-state index is 0.0431. The molecule has 0 amide bonds. The van der Waals surface area contributed by atoms with Crippen LogP contribution in [0.5, 0.6) is 0 Å². The molecule has 0 spiro atoms. The van der Waals surface area contributed by atoms with Crippen LogP contribution in [0.4, 0.5) is 0 Å². The highest BCUT2D eigenvalue weighted by Gasteiger charge is 2.26. The Balaban J connectivity index is 4.28. The Labute approximate surface area is 281 Å². The van der Waals surface area contributed by atoms with Crippen molar-refractivity contribution in [1.82, 2.24) is 0 Å². The first kappa shape index (κ1) is 44.9. The van der Waals surface area contributed by atoms with Crippen molar-refractivity contribution in [2.45, 2.75) is 167 Å². The van der Waals surface area contributed by atoms with E-state index in [4.69, 9.17) is 23.6 Å². The number of rotatable bonds is 35. The highest BCUT2D eigenvalue weighted by atomic mass is 31.2. The second-order valence-corrected chi connectivity index (χ2v) is 13.7. The minimum Gasteiger partial charge on any atom is -0.457 e. The molecule has 0 saturated carbocycles. The van der Waals surface area contributed by atoms with E-state index >= 15 is 0 Å². The van der Waals surface area contributed by atoms with E-state index in [1.165, 1.54) is 70.6 Å². The van der Waals surface area contributed by atoms with E-state index in [-0.39, 0.29) is 19.6 Å². The fraction of sp³-hybridized carbons (Fsp3) is 0.861. The van der Waals surface area contributed by atoms with Crippen LogP contribution in [0.15, 0.2) is 24.3 Å². The van der Waals surface area contributed by atoms with E-state index in [2.05, 4.69) is 38.2 Å². The molecule has 0 rings (SSSR count). The fourth-order valence-corrected chi connectivity index (χ4v) is 5.53. The monoisotopic (exact) mass is 676 g/mol. The Bertz CT molecular complexity index is 775. The van der Waals surface area contributed by atoms with Gasteiger partial charge in [0.25, 0.3) is 0 Å². The molecule has 0 aliphatic carbocycles. The predicted molar refractivity (Wildman–Crippen MR) is 187 cm³/mol. The van der Waals surface area contributed by atoms with Crippen LogP contribution < -0.4 is 0 Å². The fourth-order valence-electron chi connectivity index (χ4n) is 4.74. The van der Waals surface area contributed by atoms with E-state index in [0.717, 1.165) is 64.2 Å².